The van der Waals surface area contributed by atoms with Gasteiger partial charge in [-0.3, -0.25) is 9.89 Å². The van der Waals surface area contributed by atoms with Gasteiger partial charge < -0.3 is 14.7 Å². The SMILES string of the molecule is CN=C(NCCc1ccc(F)cc1F)N1CCN(Cc2ccon2)CC1. The van der Waals surface area contributed by atoms with E-state index in [1.807, 2.05) is 6.07 Å². The summed E-state index contributed by atoms with van der Waals surface area (Å²) < 4.78 is 31.5. The maximum absolute atomic E-state index is 13.7. The van der Waals surface area contributed by atoms with E-state index in [0.29, 0.717) is 18.5 Å². The number of rotatable bonds is 5. The molecule has 1 saturated heterocycles. The molecule has 0 bridgehead atoms. The van der Waals surface area contributed by atoms with Crippen LogP contribution >= 0.6 is 0 Å². The van der Waals surface area contributed by atoms with E-state index in [1.165, 1.54) is 12.1 Å². The molecule has 0 unspecified atom stereocenters. The predicted octanol–water partition coefficient (Wildman–Crippen LogP) is 1.89. The van der Waals surface area contributed by atoms with E-state index in [4.69, 9.17) is 4.52 Å². The lowest BCUT2D eigenvalue weighted by molar-refractivity contribution is 0.169. The number of piperazine rings is 1. The van der Waals surface area contributed by atoms with Crippen molar-refractivity contribution in [1.82, 2.24) is 20.3 Å². The zero-order valence-corrected chi connectivity index (χ0v) is 14.8. The third kappa shape index (κ3) is 4.78. The van der Waals surface area contributed by atoms with Crippen LogP contribution in [0.4, 0.5) is 8.78 Å². The molecule has 26 heavy (non-hydrogen) atoms. The highest BCUT2D eigenvalue weighted by atomic mass is 19.1. The molecule has 6 nitrogen and oxygen atoms in total. The van der Waals surface area contributed by atoms with Gasteiger partial charge in [0.1, 0.15) is 17.9 Å². The Balaban J connectivity index is 1.44. The highest BCUT2D eigenvalue weighted by Gasteiger charge is 2.20. The topological polar surface area (TPSA) is 56.9 Å². The number of benzene rings is 1. The molecule has 140 valence electrons. The van der Waals surface area contributed by atoms with Crippen LogP contribution < -0.4 is 5.32 Å². The summed E-state index contributed by atoms with van der Waals surface area (Å²) in [4.78, 5) is 8.81. The second-order valence-electron chi connectivity index (χ2n) is 6.21. The van der Waals surface area contributed by atoms with Crippen molar-refractivity contribution in [2.24, 2.45) is 4.99 Å². The molecule has 1 fully saturated rings. The Morgan fingerprint density at radius 3 is 2.69 bits per heavy atom. The number of hydrogen-bond donors (Lipinski definition) is 1. The van der Waals surface area contributed by atoms with Crippen LogP contribution in [-0.4, -0.2) is 60.7 Å². The molecule has 2 heterocycles. The quantitative estimate of drug-likeness (QED) is 0.649. The van der Waals surface area contributed by atoms with Gasteiger partial charge in [0.25, 0.3) is 0 Å². The molecule has 0 saturated carbocycles. The number of nitrogens with zero attached hydrogens (tertiary/aromatic N) is 4. The van der Waals surface area contributed by atoms with Gasteiger partial charge in [-0.05, 0) is 18.1 Å². The van der Waals surface area contributed by atoms with Crippen molar-refractivity contribution in [1.29, 1.82) is 0 Å². The van der Waals surface area contributed by atoms with Crippen LogP contribution in [0.25, 0.3) is 0 Å². The third-order valence-electron chi connectivity index (χ3n) is 4.45. The predicted molar refractivity (Wildman–Crippen MR) is 94.8 cm³/mol. The lowest BCUT2D eigenvalue weighted by Gasteiger charge is -2.36. The normalized spacial score (nSPS) is 16.1. The van der Waals surface area contributed by atoms with Crippen LogP contribution in [0.15, 0.2) is 40.0 Å². The minimum absolute atomic E-state index is 0.470. The van der Waals surface area contributed by atoms with Crippen molar-refractivity contribution in [3.8, 4) is 0 Å². The molecule has 1 N–H and O–H groups in total. The minimum atomic E-state index is -0.557. The van der Waals surface area contributed by atoms with E-state index in [1.54, 1.807) is 13.3 Å². The molecule has 0 aliphatic carbocycles. The summed E-state index contributed by atoms with van der Waals surface area (Å²) in [5.74, 6) is -0.268. The highest BCUT2D eigenvalue weighted by Crippen LogP contribution is 2.10. The van der Waals surface area contributed by atoms with E-state index in [-0.39, 0.29) is 0 Å². The van der Waals surface area contributed by atoms with Gasteiger partial charge in [0.05, 0.1) is 5.69 Å². The van der Waals surface area contributed by atoms with E-state index >= 15 is 0 Å². The molecular weight excluding hydrogens is 340 g/mol. The average Bonchev–Trinajstić information content (AvgIpc) is 3.14. The fourth-order valence-electron chi connectivity index (χ4n) is 3.03. The van der Waals surface area contributed by atoms with Crippen molar-refractivity contribution in [3.05, 3.63) is 53.4 Å². The van der Waals surface area contributed by atoms with Crippen LogP contribution in [0.2, 0.25) is 0 Å². The molecular formula is C18H23F2N5O. The monoisotopic (exact) mass is 363 g/mol. The zero-order valence-electron chi connectivity index (χ0n) is 14.8. The van der Waals surface area contributed by atoms with Crippen molar-refractivity contribution >= 4 is 5.96 Å². The molecule has 0 atom stereocenters. The Morgan fingerprint density at radius 2 is 2.04 bits per heavy atom. The Hall–Kier alpha value is -2.48. The Bertz CT molecular complexity index is 727. The maximum Gasteiger partial charge on any atom is 0.193 e. The molecule has 2 aromatic rings. The van der Waals surface area contributed by atoms with E-state index in [9.17, 15) is 8.78 Å². The van der Waals surface area contributed by atoms with Crippen LogP contribution in [0.5, 0.6) is 0 Å². The van der Waals surface area contributed by atoms with Gasteiger partial charge in [-0.15, -0.1) is 0 Å². The van der Waals surface area contributed by atoms with Gasteiger partial charge >= 0.3 is 0 Å². The van der Waals surface area contributed by atoms with Gasteiger partial charge in [-0.25, -0.2) is 8.78 Å². The lowest BCUT2D eigenvalue weighted by atomic mass is 10.1. The Labute approximate surface area is 151 Å². The van der Waals surface area contributed by atoms with Crippen molar-refractivity contribution in [2.75, 3.05) is 39.8 Å². The van der Waals surface area contributed by atoms with Crippen LogP contribution in [0.3, 0.4) is 0 Å². The molecule has 3 rings (SSSR count). The molecule has 0 radical (unpaired) electrons. The summed E-state index contributed by atoms with van der Waals surface area (Å²) in [7, 11) is 1.74. The smallest absolute Gasteiger partial charge is 0.193 e. The van der Waals surface area contributed by atoms with Gasteiger partial charge in [0.15, 0.2) is 5.96 Å². The van der Waals surface area contributed by atoms with Gasteiger partial charge in [-0.2, -0.15) is 0 Å². The summed E-state index contributed by atoms with van der Waals surface area (Å²) in [6.45, 7) is 4.82. The molecule has 1 aromatic carbocycles. The summed E-state index contributed by atoms with van der Waals surface area (Å²) in [6, 6.07) is 5.55. The highest BCUT2D eigenvalue weighted by molar-refractivity contribution is 5.80. The van der Waals surface area contributed by atoms with Crippen LogP contribution in [0.1, 0.15) is 11.3 Å². The largest absolute Gasteiger partial charge is 0.364 e. The number of hydrogen-bond acceptors (Lipinski definition) is 4. The van der Waals surface area contributed by atoms with E-state index in [0.717, 1.165) is 50.4 Å². The third-order valence-corrected chi connectivity index (χ3v) is 4.45. The first-order valence-electron chi connectivity index (χ1n) is 8.67. The number of halogens is 2. The fourth-order valence-corrected chi connectivity index (χ4v) is 3.03. The average molecular weight is 363 g/mol. The molecule has 8 heteroatoms. The first-order chi connectivity index (χ1) is 12.7. The standard InChI is InChI=1S/C18H23F2N5O/c1-21-18(22-6-4-14-2-3-15(19)12-17(14)20)25-9-7-24(8-10-25)13-16-5-11-26-23-16/h2-3,5,11-12H,4,6-10,13H2,1H3,(H,21,22). The molecule has 1 aromatic heterocycles. The van der Waals surface area contributed by atoms with Crippen LogP contribution in [-0.2, 0) is 13.0 Å². The van der Waals surface area contributed by atoms with Gasteiger partial charge in [0.2, 0.25) is 0 Å². The minimum Gasteiger partial charge on any atom is -0.364 e. The lowest BCUT2D eigenvalue weighted by Crippen LogP contribution is -2.52. The molecule has 1 aliphatic heterocycles. The Kier molecular flexibility index (Phi) is 6.17. The summed E-state index contributed by atoms with van der Waals surface area (Å²) in [6.07, 6.45) is 2.05. The molecule has 0 amide bonds. The molecule has 0 spiro atoms. The Morgan fingerprint density at radius 1 is 1.23 bits per heavy atom. The second kappa shape index (κ2) is 8.75. The molecule has 1 aliphatic rings. The van der Waals surface area contributed by atoms with Crippen molar-refractivity contribution in [3.63, 3.8) is 0 Å². The number of aliphatic imine (C=N–C) groups is 1. The summed E-state index contributed by atoms with van der Waals surface area (Å²) in [5, 5.41) is 7.20. The first kappa shape index (κ1) is 18.3. The van der Waals surface area contributed by atoms with Gasteiger partial charge in [0, 0.05) is 58.4 Å². The number of aromatic nitrogens is 1. The van der Waals surface area contributed by atoms with Crippen molar-refractivity contribution in [2.45, 2.75) is 13.0 Å². The fraction of sp³-hybridized carbons (Fsp3) is 0.444. The summed E-state index contributed by atoms with van der Waals surface area (Å²) >= 11 is 0. The number of nitrogens with one attached hydrogen (secondary N) is 1. The maximum atomic E-state index is 13.7. The van der Waals surface area contributed by atoms with E-state index < -0.39 is 11.6 Å². The first-order valence-corrected chi connectivity index (χ1v) is 8.67. The summed E-state index contributed by atoms with van der Waals surface area (Å²) in [5.41, 5.74) is 1.43. The second-order valence-corrected chi connectivity index (χ2v) is 6.21. The van der Waals surface area contributed by atoms with E-state index in [2.05, 4.69) is 25.3 Å². The zero-order chi connectivity index (χ0) is 18.4. The van der Waals surface area contributed by atoms with Gasteiger partial charge in [-0.1, -0.05) is 11.2 Å². The number of guanidine groups is 1. The van der Waals surface area contributed by atoms with Crippen molar-refractivity contribution < 1.29 is 13.3 Å². The van der Waals surface area contributed by atoms with Crippen LogP contribution in [0, 0.1) is 11.6 Å².